The molecule has 0 spiro atoms. The molecule has 0 radical (unpaired) electrons. The maximum atomic E-state index is 12.5. The van der Waals surface area contributed by atoms with E-state index in [0.717, 1.165) is 0 Å². The summed E-state index contributed by atoms with van der Waals surface area (Å²) in [4.78, 5) is 49.3. The molecule has 132 valence electrons. The van der Waals surface area contributed by atoms with Crippen LogP contribution in [0.5, 0.6) is 0 Å². The van der Waals surface area contributed by atoms with Gasteiger partial charge in [-0.15, -0.1) is 0 Å². The first-order valence-corrected chi connectivity index (χ1v) is 7.99. The first-order valence-electron chi connectivity index (χ1n) is 7.99. The number of Topliss-reactive ketones (excluding diaryl/α,β-unsaturated/α-hetero) is 2. The Labute approximate surface area is 141 Å². The fourth-order valence-corrected chi connectivity index (χ4v) is 3.32. The van der Waals surface area contributed by atoms with Gasteiger partial charge < -0.3 is 14.3 Å². The van der Waals surface area contributed by atoms with E-state index in [1.54, 1.807) is 13.8 Å². The second-order valence-corrected chi connectivity index (χ2v) is 6.11. The fourth-order valence-electron chi connectivity index (χ4n) is 3.32. The van der Waals surface area contributed by atoms with E-state index in [1.165, 1.54) is 13.8 Å². The largest absolute Gasteiger partial charge is 0.465 e. The van der Waals surface area contributed by atoms with Crippen LogP contribution in [0, 0.1) is 28.1 Å². The number of esters is 2. The van der Waals surface area contributed by atoms with Crippen molar-refractivity contribution in [2.75, 3.05) is 13.2 Å². The lowest BCUT2D eigenvalue weighted by atomic mass is 9.53. The molecule has 1 rings (SSSR count). The highest BCUT2D eigenvalue weighted by atomic mass is 16.5. The maximum absolute atomic E-state index is 12.5. The summed E-state index contributed by atoms with van der Waals surface area (Å²) in [6, 6.07) is 1.94. The highest BCUT2D eigenvalue weighted by Gasteiger charge is 2.64. The van der Waals surface area contributed by atoms with Gasteiger partial charge in [0.05, 0.1) is 19.3 Å². The van der Waals surface area contributed by atoms with Crippen LogP contribution in [0.25, 0.3) is 0 Å². The summed E-state index contributed by atoms with van der Waals surface area (Å²) < 4.78 is 10.0. The summed E-state index contributed by atoms with van der Waals surface area (Å²) in [6.45, 7) is 5.94. The number of ether oxygens (including phenoxy) is 2. The number of rotatable bonds is 6. The number of ketones is 2. The average molecular weight is 337 g/mol. The Morgan fingerprint density at radius 2 is 1.75 bits per heavy atom. The molecule has 0 amide bonds. The van der Waals surface area contributed by atoms with Crippen molar-refractivity contribution in [3.05, 3.63) is 0 Å². The van der Waals surface area contributed by atoms with Gasteiger partial charge in [0.15, 0.2) is 5.41 Å². The molecule has 0 bridgehead atoms. The summed E-state index contributed by atoms with van der Waals surface area (Å²) in [6.07, 6.45) is -0.461. The average Bonchev–Trinajstić information content (AvgIpc) is 2.52. The van der Waals surface area contributed by atoms with Crippen molar-refractivity contribution < 1.29 is 28.7 Å². The monoisotopic (exact) mass is 337 g/mol. The van der Waals surface area contributed by atoms with E-state index in [0.29, 0.717) is 0 Å². The van der Waals surface area contributed by atoms with Crippen LogP contribution >= 0.6 is 0 Å². The van der Waals surface area contributed by atoms with E-state index in [2.05, 4.69) is 0 Å². The number of hydrogen-bond donors (Lipinski definition) is 0. The van der Waals surface area contributed by atoms with Crippen LogP contribution in [0.1, 0.15) is 47.0 Å². The van der Waals surface area contributed by atoms with E-state index >= 15 is 0 Å². The van der Waals surface area contributed by atoms with Gasteiger partial charge in [-0.05, 0) is 34.1 Å². The molecule has 7 heteroatoms. The minimum Gasteiger partial charge on any atom is -0.465 e. The molecule has 0 aromatic carbocycles. The van der Waals surface area contributed by atoms with Gasteiger partial charge in [-0.2, -0.15) is 5.26 Å². The standard InChI is InChI=1S/C17H23NO6/c1-5-23-14(21)16(4)12(9-11(3)19)17(10-18,8-7-13(16)20)15(22)24-6-2/h12H,5-9H2,1-4H3/t12-,16-,17+/m1/s1. The van der Waals surface area contributed by atoms with Crippen LogP contribution in [0.15, 0.2) is 0 Å². The summed E-state index contributed by atoms with van der Waals surface area (Å²) in [5, 5.41) is 9.73. The van der Waals surface area contributed by atoms with Gasteiger partial charge in [-0.1, -0.05) is 0 Å². The zero-order valence-corrected chi connectivity index (χ0v) is 14.5. The molecule has 0 aromatic heterocycles. The summed E-state index contributed by atoms with van der Waals surface area (Å²) in [7, 11) is 0. The molecule has 7 nitrogen and oxygen atoms in total. The Morgan fingerprint density at radius 1 is 1.21 bits per heavy atom. The van der Waals surface area contributed by atoms with E-state index in [9.17, 15) is 24.4 Å². The minimum absolute atomic E-state index is 0.0491. The molecular weight excluding hydrogens is 314 g/mol. The first-order chi connectivity index (χ1) is 11.2. The third kappa shape index (κ3) is 3.18. The van der Waals surface area contributed by atoms with E-state index in [4.69, 9.17) is 9.47 Å². The number of hydrogen-bond acceptors (Lipinski definition) is 7. The van der Waals surface area contributed by atoms with Crippen molar-refractivity contribution in [1.82, 2.24) is 0 Å². The van der Waals surface area contributed by atoms with Crippen LogP contribution in [-0.4, -0.2) is 36.7 Å². The molecule has 24 heavy (non-hydrogen) atoms. The molecule has 1 fully saturated rings. The first kappa shape index (κ1) is 19.8. The van der Waals surface area contributed by atoms with Crippen molar-refractivity contribution in [1.29, 1.82) is 5.26 Å². The van der Waals surface area contributed by atoms with E-state index in [1.807, 2.05) is 6.07 Å². The van der Waals surface area contributed by atoms with Crippen molar-refractivity contribution in [3.63, 3.8) is 0 Å². The van der Waals surface area contributed by atoms with Gasteiger partial charge in [0.2, 0.25) is 0 Å². The lowest BCUT2D eigenvalue weighted by molar-refractivity contribution is -0.177. The molecule has 0 aromatic rings. The Morgan fingerprint density at radius 3 is 2.21 bits per heavy atom. The second-order valence-electron chi connectivity index (χ2n) is 6.11. The third-order valence-electron chi connectivity index (χ3n) is 4.65. The number of carbonyl (C=O) groups excluding carboxylic acids is 4. The van der Waals surface area contributed by atoms with Gasteiger partial charge in [0, 0.05) is 18.8 Å². The molecule has 1 aliphatic rings. The SMILES string of the molecule is CCOC(=O)[C@@]1(C)C(=O)CC[C@@](C#N)(C(=O)OCC)[C@@H]1CC(C)=O. The van der Waals surface area contributed by atoms with Crippen LogP contribution in [0.4, 0.5) is 0 Å². The van der Waals surface area contributed by atoms with Crippen LogP contribution in [-0.2, 0) is 28.7 Å². The lowest BCUT2D eigenvalue weighted by Gasteiger charge is -2.45. The molecule has 0 saturated heterocycles. The van der Waals surface area contributed by atoms with Crippen molar-refractivity contribution in [2.24, 2.45) is 16.7 Å². The highest BCUT2D eigenvalue weighted by molar-refractivity contribution is 6.06. The Balaban J connectivity index is 3.53. The quantitative estimate of drug-likeness (QED) is 0.534. The summed E-state index contributed by atoms with van der Waals surface area (Å²) >= 11 is 0. The van der Waals surface area contributed by atoms with E-state index < -0.39 is 34.5 Å². The molecule has 0 unspecified atom stereocenters. The van der Waals surface area contributed by atoms with Crippen LogP contribution < -0.4 is 0 Å². The second kappa shape index (κ2) is 7.56. The summed E-state index contributed by atoms with van der Waals surface area (Å²) in [5.41, 5.74) is -3.46. The predicted octanol–water partition coefficient (Wildman–Crippen LogP) is 1.59. The molecular formula is C17H23NO6. The smallest absolute Gasteiger partial charge is 0.326 e. The van der Waals surface area contributed by atoms with Crippen LogP contribution in [0.2, 0.25) is 0 Å². The number of nitrogens with zero attached hydrogens (tertiary/aromatic N) is 1. The maximum Gasteiger partial charge on any atom is 0.326 e. The highest BCUT2D eigenvalue weighted by Crippen LogP contribution is 2.52. The molecule has 0 heterocycles. The van der Waals surface area contributed by atoms with Gasteiger partial charge in [0.1, 0.15) is 17.0 Å². The Hall–Kier alpha value is -2.23. The minimum atomic E-state index is -1.73. The number of carbonyl (C=O) groups is 4. The molecule has 0 aliphatic heterocycles. The Kier molecular flexibility index (Phi) is 6.24. The molecule has 3 atom stereocenters. The van der Waals surface area contributed by atoms with Crippen molar-refractivity contribution in [2.45, 2.75) is 47.0 Å². The fraction of sp³-hybridized carbons (Fsp3) is 0.706. The van der Waals surface area contributed by atoms with E-state index in [-0.39, 0.29) is 38.3 Å². The normalized spacial score (nSPS) is 29.5. The zero-order chi connectivity index (χ0) is 18.5. The molecule has 1 saturated carbocycles. The molecule has 0 N–H and O–H groups in total. The van der Waals surface area contributed by atoms with Gasteiger partial charge in [-0.25, -0.2) is 0 Å². The lowest BCUT2D eigenvalue weighted by Crippen LogP contribution is -2.58. The predicted molar refractivity (Wildman–Crippen MR) is 82.4 cm³/mol. The van der Waals surface area contributed by atoms with Gasteiger partial charge >= 0.3 is 11.9 Å². The van der Waals surface area contributed by atoms with Gasteiger partial charge in [0.25, 0.3) is 0 Å². The van der Waals surface area contributed by atoms with Crippen molar-refractivity contribution >= 4 is 23.5 Å². The molecule has 1 aliphatic carbocycles. The third-order valence-corrected chi connectivity index (χ3v) is 4.65. The number of nitriles is 1. The van der Waals surface area contributed by atoms with Crippen molar-refractivity contribution in [3.8, 4) is 6.07 Å². The van der Waals surface area contributed by atoms with Gasteiger partial charge in [-0.3, -0.25) is 14.4 Å². The summed E-state index contributed by atoms with van der Waals surface area (Å²) in [5.74, 6) is -3.49. The topological polar surface area (TPSA) is 111 Å². The van der Waals surface area contributed by atoms with Crippen LogP contribution in [0.3, 0.4) is 0 Å². The zero-order valence-electron chi connectivity index (χ0n) is 14.5. The Bertz CT molecular complexity index is 592.